The van der Waals surface area contributed by atoms with Crippen molar-refractivity contribution in [1.82, 2.24) is 4.98 Å². The van der Waals surface area contributed by atoms with Crippen LogP contribution in [0.5, 0.6) is 0 Å². The minimum Gasteiger partial charge on any atom is -0.476 e. The van der Waals surface area contributed by atoms with Crippen LogP contribution in [0.15, 0.2) is 23.6 Å². The van der Waals surface area contributed by atoms with E-state index >= 15 is 0 Å². The maximum Gasteiger partial charge on any atom is 0.355 e. The number of nitrogens with one attached hydrogen (secondary N) is 1. The van der Waals surface area contributed by atoms with Gasteiger partial charge in [0.15, 0.2) is 5.69 Å². The van der Waals surface area contributed by atoms with Crippen LogP contribution >= 0.6 is 22.9 Å². The van der Waals surface area contributed by atoms with Crippen molar-refractivity contribution in [3.63, 3.8) is 0 Å². The highest BCUT2D eigenvalue weighted by atomic mass is 35.5. The largest absolute Gasteiger partial charge is 0.476 e. The van der Waals surface area contributed by atoms with Crippen LogP contribution in [0.25, 0.3) is 0 Å². The van der Waals surface area contributed by atoms with Gasteiger partial charge in [0, 0.05) is 5.38 Å². The van der Waals surface area contributed by atoms with E-state index in [0.29, 0.717) is 5.01 Å². The molecule has 7 nitrogen and oxygen atoms in total. The maximum absolute atomic E-state index is 10.9. The minimum absolute atomic E-state index is 0.0327. The zero-order valence-electron chi connectivity index (χ0n) is 9.87. The average Bonchev–Trinajstić information content (AvgIpc) is 2.84. The molecule has 20 heavy (non-hydrogen) atoms. The van der Waals surface area contributed by atoms with Crippen molar-refractivity contribution in [1.29, 1.82) is 0 Å². The van der Waals surface area contributed by atoms with Crippen LogP contribution in [-0.4, -0.2) is 21.0 Å². The molecule has 0 unspecified atom stereocenters. The predicted octanol–water partition coefficient (Wildman–Crippen LogP) is 3.02. The van der Waals surface area contributed by atoms with Gasteiger partial charge in [-0.3, -0.25) is 10.1 Å². The highest BCUT2D eigenvalue weighted by Crippen LogP contribution is 2.32. The third-order valence-electron chi connectivity index (χ3n) is 2.37. The smallest absolute Gasteiger partial charge is 0.355 e. The fraction of sp³-hybridized carbons (Fsp3) is 0.0909. The summed E-state index contributed by atoms with van der Waals surface area (Å²) in [5, 5.41) is 24.5. The summed E-state index contributed by atoms with van der Waals surface area (Å²) in [6, 6.07) is 4.54. The summed E-state index contributed by atoms with van der Waals surface area (Å²) in [6.45, 7) is 0.180. The fourth-order valence-corrected chi connectivity index (χ4v) is 2.46. The van der Waals surface area contributed by atoms with E-state index in [-0.39, 0.29) is 28.6 Å². The lowest BCUT2D eigenvalue weighted by Crippen LogP contribution is -2.04. The molecular formula is C11H8ClN3O4S. The van der Waals surface area contributed by atoms with Crippen LogP contribution in [0.4, 0.5) is 11.4 Å². The zero-order chi connectivity index (χ0) is 14.7. The standard InChI is InChI=1S/C11H8ClN3O4S/c12-6-2-1-3-7(10(6)15(18)19)13-4-9-14-8(5-20-9)11(16)17/h1-3,5,13H,4H2,(H,16,17). The second-order valence-corrected chi connectivity index (χ2v) is 5.03. The second kappa shape index (κ2) is 5.85. The van der Waals surface area contributed by atoms with Gasteiger partial charge in [-0.1, -0.05) is 17.7 Å². The van der Waals surface area contributed by atoms with E-state index in [2.05, 4.69) is 10.3 Å². The Balaban J connectivity index is 2.16. The summed E-state index contributed by atoms with van der Waals surface area (Å²) in [6.07, 6.45) is 0. The summed E-state index contributed by atoms with van der Waals surface area (Å²) in [7, 11) is 0. The van der Waals surface area contributed by atoms with Crippen LogP contribution in [0, 0.1) is 10.1 Å². The molecule has 0 saturated heterocycles. The van der Waals surface area contributed by atoms with Crippen molar-refractivity contribution >= 4 is 40.3 Å². The van der Waals surface area contributed by atoms with Gasteiger partial charge in [-0.25, -0.2) is 9.78 Å². The van der Waals surface area contributed by atoms with Gasteiger partial charge >= 0.3 is 11.7 Å². The SMILES string of the molecule is O=C(O)c1csc(CNc2cccc(Cl)c2[N+](=O)[O-])n1. The van der Waals surface area contributed by atoms with Crippen LogP contribution in [0.2, 0.25) is 5.02 Å². The molecule has 0 fully saturated rings. The van der Waals surface area contributed by atoms with E-state index in [1.54, 1.807) is 6.07 Å². The molecule has 9 heteroatoms. The molecule has 0 radical (unpaired) electrons. The molecule has 1 aromatic carbocycles. The van der Waals surface area contributed by atoms with Crippen LogP contribution in [0.1, 0.15) is 15.5 Å². The Labute approximate surface area is 122 Å². The highest BCUT2D eigenvalue weighted by Gasteiger charge is 2.18. The van der Waals surface area contributed by atoms with Crippen molar-refractivity contribution in [2.24, 2.45) is 0 Å². The van der Waals surface area contributed by atoms with E-state index in [1.807, 2.05) is 0 Å². The number of halogens is 1. The van der Waals surface area contributed by atoms with E-state index < -0.39 is 10.9 Å². The maximum atomic E-state index is 10.9. The molecule has 0 amide bonds. The third-order valence-corrected chi connectivity index (χ3v) is 3.52. The van der Waals surface area contributed by atoms with Gasteiger partial charge < -0.3 is 10.4 Å². The van der Waals surface area contributed by atoms with E-state index in [4.69, 9.17) is 16.7 Å². The lowest BCUT2D eigenvalue weighted by Gasteiger charge is -2.06. The Morgan fingerprint density at radius 1 is 1.55 bits per heavy atom. The number of hydrogen-bond acceptors (Lipinski definition) is 6. The minimum atomic E-state index is -1.11. The number of carboxylic acid groups (broad SMARTS) is 1. The van der Waals surface area contributed by atoms with Gasteiger partial charge in [0.25, 0.3) is 0 Å². The van der Waals surface area contributed by atoms with Gasteiger partial charge in [-0.15, -0.1) is 11.3 Å². The van der Waals surface area contributed by atoms with Crippen molar-refractivity contribution < 1.29 is 14.8 Å². The number of para-hydroxylation sites is 1. The molecular weight excluding hydrogens is 306 g/mol. The Morgan fingerprint density at radius 2 is 2.30 bits per heavy atom. The highest BCUT2D eigenvalue weighted by molar-refractivity contribution is 7.09. The molecule has 0 spiro atoms. The summed E-state index contributed by atoms with van der Waals surface area (Å²) in [5.74, 6) is -1.11. The number of thiazole rings is 1. The number of nitrogens with zero attached hydrogens (tertiary/aromatic N) is 2. The molecule has 0 saturated carbocycles. The molecule has 0 bridgehead atoms. The molecule has 1 aromatic heterocycles. The van der Waals surface area contributed by atoms with Gasteiger partial charge in [0.1, 0.15) is 15.7 Å². The molecule has 0 aliphatic rings. The monoisotopic (exact) mass is 313 g/mol. The topological polar surface area (TPSA) is 105 Å². The molecule has 2 N–H and O–H groups in total. The first-order valence-corrected chi connectivity index (χ1v) is 6.59. The van der Waals surface area contributed by atoms with Crippen molar-refractivity contribution in [3.8, 4) is 0 Å². The molecule has 0 aliphatic heterocycles. The number of aromatic carboxylic acids is 1. The number of nitro groups is 1. The number of rotatable bonds is 5. The molecule has 2 rings (SSSR count). The summed E-state index contributed by atoms with van der Waals surface area (Å²) >= 11 is 6.94. The molecule has 1 heterocycles. The van der Waals surface area contributed by atoms with Crippen molar-refractivity contribution in [2.75, 3.05) is 5.32 Å². The van der Waals surface area contributed by atoms with Crippen LogP contribution < -0.4 is 5.32 Å². The van der Waals surface area contributed by atoms with Crippen LogP contribution in [0.3, 0.4) is 0 Å². The zero-order valence-corrected chi connectivity index (χ0v) is 11.4. The number of anilines is 1. The number of aromatic nitrogens is 1. The lowest BCUT2D eigenvalue weighted by molar-refractivity contribution is -0.383. The number of benzene rings is 1. The summed E-state index contributed by atoms with van der Waals surface area (Å²) in [5.41, 5.74) is -0.00819. The first-order chi connectivity index (χ1) is 9.49. The van der Waals surface area contributed by atoms with Gasteiger partial charge in [0.05, 0.1) is 11.5 Å². The molecule has 104 valence electrons. The number of carbonyl (C=O) groups is 1. The normalized spacial score (nSPS) is 10.2. The third kappa shape index (κ3) is 3.03. The van der Waals surface area contributed by atoms with Gasteiger partial charge in [-0.05, 0) is 12.1 Å². The molecule has 2 aromatic rings. The van der Waals surface area contributed by atoms with Gasteiger partial charge in [0.2, 0.25) is 0 Å². The van der Waals surface area contributed by atoms with E-state index in [1.165, 1.54) is 17.5 Å². The Hall–Kier alpha value is -2.19. The molecule has 0 aliphatic carbocycles. The molecule has 0 atom stereocenters. The van der Waals surface area contributed by atoms with E-state index in [0.717, 1.165) is 11.3 Å². The van der Waals surface area contributed by atoms with Gasteiger partial charge in [-0.2, -0.15) is 0 Å². The first kappa shape index (κ1) is 14.2. The average molecular weight is 314 g/mol. The number of nitro benzene ring substituents is 1. The number of hydrogen-bond donors (Lipinski definition) is 2. The van der Waals surface area contributed by atoms with Crippen LogP contribution in [-0.2, 0) is 6.54 Å². The Kier molecular flexibility index (Phi) is 4.16. The summed E-state index contributed by atoms with van der Waals surface area (Å²) in [4.78, 5) is 24.9. The summed E-state index contributed by atoms with van der Waals surface area (Å²) < 4.78 is 0. The Bertz CT molecular complexity index is 673. The Morgan fingerprint density at radius 3 is 2.90 bits per heavy atom. The number of carboxylic acids is 1. The van der Waals surface area contributed by atoms with Crippen molar-refractivity contribution in [2.45, 2.75) is 6.54 Å². The quantitative estimate of drug-likeness (QED) is 0.649. The lowest BCUT2D eigenvalue weighted by atomic mass is 10.2. The first-order valence-electron chi connectivity index (χ1n) is 5.33. The fourth-order valence-electron chi connectivity index (χ4n) is 1.50. The predicted molar refractivity (Wildman–Crippen MR) is 74.5 cm³/mol. The van der Waals surface area contributed by atoms with E-state index in [9.17, 15) is 14.9 Å². The van der Waals surface area contributed by atoms with Crippen molar-refractivity contribution in [3.05, 3.63) is 49.4 Å². The second-order valence-electron chi connectivity index (χ2n) is 3.68.